The quantitative estimate of drug-likeness (QED) is 0.243. The summed E-state index contributed by atoms with van der Waals surface area (Å²) in [7, 11) is -9.42. The Hall–Kier alpha value is -1.74. The number of hydrogen-bond donors (Lipinski definition) is 1. The van der Waals surface area contributed by atoms with E-state index in [-0.39, 0.29) is 22.3 Å². The van der Waals surface area contributed by atoms with Crippen molar-refractivity contribution in [3.05, 3.63) is 64.7 Å². The molecule has 6 bridgehead atoms. The topological polar surface area (TPSA) is 97.7 Å². The summed E-state index contributed by atoms with van der Waals surface area (Å²) >= 11 is 0. The van der Waals surface area contributed by atoms with Gasteiger partial charge in [0.05, 0.1) is 0 Å². The maximum absolute atomic E-state index is 14.6. The Morgan fingerprint density at radius 2 is 1.12 bits per heavy atom. The van der Waals surface area contributed by atoms with E-state index in [2.05, 4.69) is 12.1 Å². The Bertz CT molecular complexity index is 1540. The van der Waals surface area contributed by atoms with Crippen molar-refractivity contribution in [3.63, 3.8) is 0 Å². The monoisotopic (exact) mass is 610 g/mol. The zero-order valence-electron chi connectivity index (χ0n) is 24.1. The van der Waals surface area contributed by atoms with E-state index in [1.165, 1.54) is 56.2 Å². The van der Waals surface area contributed by atoms with Gasteiger partial charge in [-0.25, -0.2) is 4.18 Å². The molecule has 10 unspecified atom stereocenters. The van der Waals surface area contributed by atoms with Crippen LogP contribution in [-0.4, -0.2) is 21.4 Å². The maximum atomic E-state index is 14.6. The van der Waals surface area contributed by atoms with Crippen LogP contribution in [0.3, 0.4) is 0 Å². The summed E-state index contributed by atoms with van der Waals surface area (Å²) in [5, 5.41) is 0. The standard InChI is InChI=1S/C34H42O6S2/c35-41(36,37)34(23-4-2-1-3-5-23)40-42(38,39)33-31(29-16-21-7-10-25(29)13-21)18-27(28-15-20-6-9-24(28)12-20)19-32(33)30-17-22-8-11-26(30)14-22/h1-5,18-22,24-26,28-30,34H,6-17H2,(H,35,36,37). The molecule has 0 aliphatic heterocycles. The lowest BCUT2D eigenvalue weighted by Crippen LogP contribution is -2.25. The predicted octanol–water partition coefficient (Wildman–Crippen LogP) is 7.69. The zero-order valence-corrected chi connectivity index (χ0v) is 25.7. The molecule has 42 heavy (non-hydrogen) atoms. The maximum Gasteiger partial charge on any atom is 0.299 e. The average molecular weight is 611 g/mol. The van der Waals surface area contributed by atoms with Gasteiger partial charge in [0.15, 0.2) is 0 Å². The second kappa shape index (κ2) is 10.1. The van der Waals surface area contributed by atoms with E-state index in [0.717, 1.165) is 55.6 Å². The molecule has 6 aliphatic rings. The first-order valence-electron chi connectivity index (χ1n) is 16.3. The van der Waals surface area contributed by atoms with Gasteiger partial charge in [-0.05, 0) is 133 Å². The highest BCUT2D eigenvalue weighted by Gasteiger charge is 2.48. The van der Waals surface area contributed by atoms with Crippen LogP contribution in [0.2, 0.25) is 0 Å². The van der Waals surface area contributed by atoms with Crippen molar-refractivity contribution >= 4 is 20.2 Å². The number of fused-ring (bicyclic) bond motifs is 6. The first-order valence-corrected chi connectivity index (χ1v) is 19.2. The molecule has 0 saturated heterocycles. The van der Waals surface area contributed by atoms with Crippen molar-refractivity contribution in [1.82, 2.24) is 0 Å². The van der Waals surface area contributed by atoms with Gasteiger partial charge in [-0.1, -0.05) is 61.7 Å². The molecule has 0 spiro atoms. The second-order valence-electron chi connectivity index (χ2n) is 14.7. The van der Waals surface area contributed by atoms with Crippen LogP contribution in [0, 0.1) is 35.5 Å². The lowest BCUT2D eigenvalue weighted by atomic mass is 9.75. The van der Waals surface area contributed by atoms with Gasteiger partial charge < -0.3 is 0 Å². The molecular weight excluding hydrogens is 569 g/mol. The zero-order chi connectivity index (χ0) is 28.8. The lowest BCUT2D eigenvalue weighted by molar-refractivity contribution is 0.264. The van der Waals surface area contributed by atoms with Gasteiger partial charge in [0, 0.05) is 0 Å². The van der Waals surface area contributed by atoms with Crippen molar-refractivity contribution in [1.29, 1.82) is 0 Å². The molecule has 6 nitrogen and oxygen atoms in total. The highest BCUT2D eigenvalue weighted by atomic mass is 32.2. The van der Waals surface area contributed by atoms with Crippen molar-refractivity contribution in [2.24, 2.45) is 35.5 Å². The minimum atomic E-state index is -4.87. The van der Waals surface area contributed by atoms with Gasteiger partial charge in [-0.2, -0.15) is 16.8 Å². The third-order valence-corrected chi connectivity index (χ3v) is 14.9. The molecule has 0 heterocycles. The van der Waals surface area contributed by atoms with Crippen molar-refractivity contribution in [2.45, 2.75) is 105 Å². The first-order chi connectivity index (χ1) is 20.1. The Morgan fingerprint density at radius 1 is 0.643 bits per heavy atom. The summed E-state index contributed by atoms with van der Waals surface area (Å²) in [6, 6.07) is 12.4. The van der Waals surface area contributed by atoms with E-state index in [0.29, 0.717) is 35.5 Å². The van der Waals surface area contributed by atoms with Gasteiger partial charge in [0.2, 0.25) is 5.44 Å². The molecule has 6 aliphatic carbocycles. The van der Waals surface area contributed by atoms with Crippen molar-refractivity contribution in [3.8, 4) is 0 Å². The molecule has 2 aromatic carbocycles. The molecule has 1 N–H and O–H groups in total. The van der Waals surface area contributed by atoms with Gasteiger partial charge in [0.1, 0.15) is 4.90 Å². The number of hydrogen-bond acceptors (Lipinski definition) is 5. The van der Waals surface area contributed by atoms with Crippen LogP contribution in [0.5, 0.6) is 0 Å². The Morgan fingerprint density at radius 3 is 1.52 bits per heavy atom. The highest BCUT2D eigenvalue weighted by Crippen LogP contribution is 2.60. The number of benzene rings is 2. The smallest absolute Gasteiger partial charge is 0.283 e. The number of rotatable bonds is 8. The summed E-state index contributed by atoms with van der Waals surface area (Å²) in [5.74, 6) is 4.40. The molecule has 8 heteroatoms. The fourth-order valence-corrected chi connectivity index (χ4v) is 13.4. The Labute approximate surface area is 250 Å². The summed E-state index contributed by atoms with van der Waals surface area (Å²) in [6.45, 7) is 0. The third kappa shape index (κ3) is 4.70. The fourth-order valence-electron chi connectivity index (χ4n) is 10.7. The molecule has 10 atom stereocenters. The minimum absolute atomic E-state index is 0.102. The molecule has 226 valence electrons. The predicted molar refractivity (Wildman–Crippen MR) is 160 cm³/mol. The first kappa shape index (κ1) is 27.8. The third-order valence-electron chi connectivity index (χ3n) is 12.4. The normalized spacial score (nSPS) is 37.6. The van der Waals surface area contributed by atoms with Crippen LogP contribution in [-0.2, 0) is 24.4 Å². The van der Waals surface area contributed by atoms with Crippen molar-refractivity contribution in [2.75, 3.05) is 0 Å². The van der Waals surface area contributed by atoms with Crippen LogP contribution in [0.15, 0.2) is 47.4 Å². The van der Waals surface area contributed by atoms with Crippen LogP contribution in [0.1, 0.15) is 122 Å². The van der Waals surface area contributed by atoms with E-state index >= 15 is 0 Å². The molecule has 2 aromatic rings. The summed E-state index contributed by atoms with van der Waals surface area (Å²) in [6.07, 6.45) is 14.0. The average Bonchev–Trinajstić information content (AvgIpc) is 3.83. The molecular formula is C34H42O6S2. The largest absolute Gasteiger partial charge is 0.299 e. The summed E-state index contributed by atoms with van der Waals surface area (Å²) in [5.41, 5.74) is 1.16. The van der Waals surface area contributed by atoms with E-state index in [4.69, 9.17) is 4.18 Å². The summed E-state index contributed by atoms with van der Waals surface area (Å²) in [4.78, 5) is 0.231. The molecule has 0 radical (unpaired) electrons. The molecule has 6 fully saturated rings. The van der Waals surface area contributed by atoms with Crippen LogP contribution in [0.4, 0.5) is 0 Å². The van der Waals surface area contributed by atoms with E-state index in [9.17, 15) is 21.4 Å². The summed E-state index contributed by atoms with van der Waals surface area (Å²) < 4.78 is 70.3. The second-order valence-corrected chi connectivity index (χ2v) is 17.6. The van der Waals surface area contributed by atoms with Crippen LogP contribution in [0.25, 0.3) is 0 Å². The van der Waals surface area contributed by atoms with Crippen LogP contribution < -0.4 is 0 Å². The lowest BCUT2D eigenvalue weighted by Gasteiger charge is -2.32. The van der Waals surface area contributed by atoms with Gasteiger partial charge in [-0.15, -0.1) is 0 Å². The molecule has 6 saturated carbocycles. The Kier molecular flexibility index (Phi) is 6.71. The highest BCUT2D eigenvalue weighted by molar-refractivity contribution is 7.89. The fraction of sp³-hybridized carbons (Fsp3) is 0.647. The van der Waals surface area contributed by atoms with Gasteiger partial charge in [-0.3, -0.25) is 4.55 Å². The van der Waals surface area contributed by atoms with E-state index in [1.54, 1.807) is 18.2 Å². The molecule has 8 rings (SSSR count). The van der Waals surface area contributed by atoms with Crippen LogP contribution >= 0.6 is 0 Å². The van der Waals surface area contributed by atoms with E-state index < -0.39 is 25.7 Å². The molecule has 0 amide bonds. The van der Waals surface area contributed by atoms with E-state index in [1.807, 2.05) is 0 Å². The Balaban J connectivity index is 1.30. The van der Waals surface area contributed by atoms with Gasteiger partial charge >= 0.3 is 0 Å². The van der Waals surface area contributed by atoms with Gasteiger partial charge in [0.25, 0.3) is 20.2 Å². The SMILES string of the molecule is O=S(=O)(OC(c1ccccc1)S(=O)(=O)O)c1c(C2CC3CCC2C3)cc(C2CC3CCC2C3)cc1C1CC2CCC1C2. The minimum Gasteiger partial charge on any atom is -0.283 e. The van der Waals surface area contributed by atoms with Crippen molar-refractivity contribution < 1.29 is 25.6 Å². The molecule has 0 aromatic heterocycles.